The molecule has 0 saturated carbocycles. The number of nitrogens with zero attached hydrogens (tertiary/aromatic N) is 1. The SMILES string of the molecule is Oc1ccc([N+](=C(Nc2ccc(Br)cc2)c2ccccc2)c2ccc(O)cc2)cc1.[Cl-]. The van der Waals surface area contributed by atoms with Crippen LogP contribution in [0, 0.1) is 0 Å². The van der Waals surface area contributed by atoms with Crippen molar-refractivity contribution in [3.8, 4) is 11.5 Å². The Hall–Kier alpha value is -3.28. The third kappa shape index (κ3) is 5.45. The van der Waals surface area contributed by atoms with Gasteiger partial charge in [-0.05, 0) is 84.9 Å². The molecule has 0 radical (unpaired) electrons. The van der Waals surface area contributed by atoms with Crippen molar-refractivity contribution in [1.82, 2.24) is 4.58 Å². The minimum absolute atomic E-state index is 0. The molecule has 0 atom stereocenters. The summed E-state index contributed by atoms with van der Waals surface area (Å²) in [4.78, 5) is 0. The summed E-state index contributed by atoms with van der Waals surface area (Å²) in [6.07, 6.45) is 0. The van der Waals surface area contributed by atoms with Crippen LogP contribution in [0.5, 0.6) is 11.5 Å². The molecule has 0 unspecified atom stereocenters. The highest BCUT2D eigenvalue weighted by atomic mass is 79.9. The van der Waals surface area contributed by atoms with Gasteiger partial charge in [-0.15, -0.1) is 0 Å². The molecule has 0 spiro atoms. The van der Waals surface area contributed by atoms with Gasteiger partial charge in [0.25, 0.3) is 5.84 Å². The number of rotatable bonds is 4. The summed E-state index contributed by atoms with van der Waals surface area (Å²) in [5.41, 5.74) is 3.64. The molecule has 4 aromatic carbocycles. The van der Waals surface area contributed by atoms with Crippen LogP contribution in [-0.2, 0) is 0 Å². The Morgan fingerprint density at radius 1 is 0.645 bits per heavy atom. The molecule has 3 N–H and O–H groups in total. The van der Waals surface area contributed by atoms with Crippen molar-refractivity contribution in [2.45, 2.75) is 0 Å². The first kappa shape index (κ1) is 22.4. The third-order valence-corrected chi connectivity index (χ3v) is 5.12. The summed E-state index contributed by atoms with van der Waals surface area (Å²) in [6.45, 7) is 0. The van der Waals surface area contributed by atoms with Gasteiger partial charge in [-0.2, -0.15) is 4.58 Å². The van der Waals surface area contributed by atoms with Gasteiger partial charge in [0.2, 0.25) is 0 Å². The van der Waals surface area contributed by atoms with Crippen LogP contribution in [0.25, 0.3) is 0 Å². The summed E-state index contributed by atoms with van der Waals surface area (Å²) >= 11 is 3.48. The van der Waals surface area contributed by atoms with Crippen molar-refractivity contribution in [3.05, 3.63) is 113 Å². The van der Waals surface area contributed by atoms with Crippen molar-refractivity contribution < 1.29 is 22.6 Å². The molecule has 0 fully saturated rings. The molecule has 0 aliphatic carbocycles. The molecule has 4 rings (SSSR count). The first-order valence-electron chi connectivity index (χ1n) is 9.43. The van der Waals surface area contributed by atoms with Crippen LogP contribution in [0.1, 0.15) is 5.56 Å². The maximum atomic E-state index is 9.78. The van der Waals surface area contributed by atoms with Crippen molar-refractivity contribution in [2.24, 2.45) is 0 Å². The van der Waals surface area contributed by atoms with E-state index in [1.54, 1.807) is 24.3 Å². The Labute approximate surface area is 195 Å². The molecule has 6 heteroatoms. The predicted molar refractivity (Wildman–Crippen MR) is 126 cm³/mol. The predicted octanol–water partition coefficient (Wildman–Crippen LogP) is 3.26. The van der Waals surface area contributed by atoms with Crippen molar-refractivity contribution in [2.75, 3.05) is 5.32 Å². The summed E-state index contributed by atoms with van der Waals surface area (Å²) < 4.78 is 3.05. The molecule has 0 aromatic heterocycles. The van der Waals surface area contributed by atoms with Crippen LogP contribution >= 0.6 is 15.9 Å². The standard InChI is InChI=1S/C25H19BrN2O2.ClH/c26-19-6-8-20(9-7-19)27-25(18-4-2-1-3-5-18)28(21-10-14-23(29)15-11-21)22-12-16-24(30)17-13-22;/h1-17,29-30H;1H. The topological polar surface area (TPSA) is 55.5 Å². The van der Waals surface area contributed by atoms with Gasteiger partial charge in [0.05, 0.1) is 5.56 Å². The van der Waals surface area contributed by atoms with Crippen LogP contribution in [-0.4, -0.2) is 16.0 Å². The van der Waals surface area contributed by atoms with E-state index in [9.17, 15) is 10.2 Å². The molecule has 0 saturated heterocycles. The lowest BCUT2D eigenvalue weighted by Gasteiger charge is -2.14. The van der Waals surface area contributed by atoms with Gasteiger partial charge >= 0.3 is 0 Å². The van der Waals surface area contributed by atoms with Gasteiger partial charge < -0.3 is 22.6 Å². The van der Waals surface area contributed by atoms with Crippen molar-refractivity contribution >= 4 is 38.8 Å². The van der Waals surface area contributed by atoms with E-state index >= 15 is 0 Å². The molecule has 0 bridgehead atoms. The zero-order valence-electron chi connectivity index (χ0n) is 16.4. The molecular formula is C25H20BrClN2O2. The van der Waals surface area contributed by atoms with E-state index in [1.807, 2.05) is 78.9 Å². The van der Waals surface area contributed by atoms with E-state index in [-0.39, 0.29) is 23.9 Å². The monoisotopic (exact) mass is 494 g/mol. The highest BCUT2D eigenvalue weighted by molar-refractivity contribution is 9.10. The lowest BCUT2D eigenvalue weighted by molar-refractivity contribution is -0.00000784. The highest BCUT2D eigenvalue weighted by Gasteiger charge is 2.21. The minimum Gasteiger partial charge on any atom is -1.00 e. The number of anilines is 1. The molecule has 0 amide bonds. The zero-order chi connectivity index (χ0) is 20.9. The van der Waals surface area contributed by atoms with Gasteiger partial charge in [-0.3, -0.25) is 0 Å². The molecule has 31 heavy (non-hydrogen) atoms. The average molecular weight is 496 g/mol. The zero-order valence-corrected chi connectivity index (χ0v) is 18.8. The fourth-order valence-electron chi connectivity index (χ4n) is 3.13. The smallest absolute Gasteiger partial charge is 0.292 e. The molecule has 4 nitrogen and oxygen atoms in total. The van der Waals surface area contributed by atoms with Crippen molar-refractivity contribution in [1.29, 1.82) is 0 Å². The van der Waals surface area contributed by atoms with E-state index in [2.05, 4.69) is 25.8 Å². The second-order valence-electron chi connectivity index (χ2n) is 6.71. The number of hydrogen-bond donors (Lipinski definition) is 3. The largest absolute Gasteiger partial charge is 1.00 e. The molecule has 0 heterocycles. The fourth-order valence-corrected chi connectivity index (χ4v) is 3.40. The minimum atomic E-state index is 0. The number of phenols is 2. The fraction of sp³-hybridized carbons (Fsp3) is 0. The first-order chi connectivity index (χ1) is 14.6. The normalized spacial score (nSPS) is 10.1. The maximum absolute atomic E-state index is 9.78. The van der Waals surface area contributed by atoms with Crippen LogP contribution in [0.2, 0.25) is 0 Å². The highest BCUT2D eigenvalue weighted by Crippen LogP contribution is 2.27. The van der Waals surface area contributed by atoms with Crippen LogP contribution in [0.4, 0.5) is 17.1 Å². The molecule has 4 aromatic rings. The van der Waals surface area contributed by atoms with E-state index < -0.39 is 0 Å². The quantitative estimate of drug-likeness (QED) is 0.231. The lowest BCUT2D eigenvalue weighted by atomic mass is 10.1. The van der Waals surface area contributed by atoms with Gasteiger partial charge in [0.1, 0.15) is 28.6 Å². The van der Waals surface area contributed by atoms with Crippen LogP contribution in [0.3, 0.4) is 0 Å². The number of amidine groups is 1. The number of halogens is 2. The molecule has 0 aliphatic heterocycles. The van der Waals surface area contributed by atoms with Crippen LogP contribution < -0.4 is 22.3 Å². The summed E-state index contributed by atoms with van der Waals surface area (Å²) in [6, 6.07) is 32.0. The summed E-state index contributed by atoms with van der Waals surface area (Å²) in [5, 5.41) is 23.1. The van der Waals surface area contributed by atoms with Crippen LogP contribution in [0.15, 0.2) is 108 Å². The van der Waals surface area contributed by atoms with E-state index in [0.717, 1.165) is 32.9 Å². The van der Waals surface area contributed by atoms with E-state index in [0.29, 0.717) is 0 Å². The average Bonchev–Trinajstić information content (AvgIpc) is 2.78. The number of benzene rings is 4. The Morgan fingerprint density at radius 3 is 1.61 bits per heavy atom. The number of phenolic OH excluding ortho intramolecular Hbond substituents is 2. The second kappa shape index (κ2) is 10.2. The summed E-state index contributed by atoms with van der Waals surface area (Å²) in [5.74, 6) is 1.24. The number of aromatic hydroxyl groups is 2. The van der Waals surface area contributed by atoms with Gasteiger partial charge in [0.15, 0.2) is 0 Å². The van der Waals surface area contributed by atoms with Crippen molar-refractivity contribution in [3.63, 3.8) is 0 Å². The van der Waals surface area contributed by atoms with E-state index in [1.165, 1.54) is 0 Å². The number of nitrogens with one attached hydrogen (secondary N) is 1. The molecule has 156 valence electrons. The Kier molecular flexibility index (Phi) is 7.34. The first-order valence-corrected chi connectivity index (χ1v) is 10.2. The molecule has 0 aliphatic rings. The Bertz CT molecular complexity index is 1110. The molecular weight excluding hydrogens is 476 g/mol. The van der Waals surface area contributed by atoms with Gasteiger partial charge in [0, 0.05) is 4.47 Å². The Morgan fingerprint density at radius 2 is 1.13 bits per heavy atom. The third-order valence-electron chi connectivity index (χ3n) is 4.59. The van der Waals surface area contributed by atoms with E-state index in [4.69, 9.17) is 0 Å². The Balaban J connectivity index is 0.00000272. The maximum Gasteiger partial charge on any atom is 0.292 e. The summed E-state index contributed by atoms with van der Waals surface area (Å²) in [7, 11) is 0. The van der Waals surface area contributed by atoms with Gasteiger partial charge in [-0.25, -0.2) is 5.32 Å². The number of hydrogen-bond acceptors (Lipinski definition) is 2. The lowest BCUT2D eigenvalue weighted by Crippen LogP contribution is -3.00. The second-order valence-corrected chi connectivity index (χ2v) is 7.63. The van der Waals surface area contributed by atoms with Gasteiger partial charge in [-0.1, -0.05) is 34.1 Å².